The maximum atomic E-state index is 8.34. The fraction of sp³-hybridized carbons (Fsp3) is 0.909. The largest absolute Gasteiger partial charge is 0.409 e. The SMILES string of the molecule is NC(CCCNCCN1CCCCC1)=NO. The highest BCUT2D eigenvalue weighted by Gasteiger charge is 2.08. The predicted molar refractivity (Wildman–Crippen MR) is 65.8 cm³/mol. The molecular formula is C11H24N4O. The molecule has 0 aromatic heterocycles. The Morgan fingerprint density at radius 3 is 2.69 bits per heavy atom. The maximum Gasteiger partial charge on any atom is 0.139 e. The Morgan fingerprint density at radius 1 is 1.25 bits per heavy atom. The molecule has 0 spiro atoms. The van der Waals surface area contributed by atoms with Crippen molar-refractivity contribution in [3.8, 4) is 0 Å². The number of rotatable bonds is 7. The van der Waals surface area contributed by atoms with Crippen molar-refractivity contribution >= 4 is 5.84 Å². The quantitative estimate of drug-likeness (QED) is 0.196. The number of amidine groups is 1. The van der Waals surface area contributed by atoms with Crippen LogP contribution in [0.1, 0.15) is 32.1 Å². The Bertz CT molecular complexity index is 202. The summed E-state index contributed by atoms with van der Waals surface area (Å²) in [4.78, 5) is 2.51. The van der Waals surface area contributed by atoms with Crippen LogP contribution in [-0.2, 0) is 0 Å². The Hall–Kier alpha value is -0.810. The highest BCUT2D eigenvalue weighted by atomic mass is 16.4. The van der Waals surface area contributed by atoms with Crippen molar-refractivity contribution in [2.75, 3.05) is 32.7 Å². The van der Waals surface area contributed by atoms with Crippen LogP contribution in [0.2, 0.25) is 0 Å². The molecule has 0 aromatic carbocycles. The molecule has 0 radical (unpaired) electrons. The second-order valence-corrected chi connectivity index (χ2v) is 4.35. The van der Waals surface area contributed by atoms with Crippen LogP contribution in [0.5, 0.6) is 0 Å². The molecule has 0 aliphatic carbocycles. The summed E-state index contributed by atoms with van der Waals surface area (Å²) in [7, 11) is 0. The van der Waals surface area contributed by atoms with Crippen molar-refractivity contribution in [3.63, 3.8) is 0 Å². The van der Waals surface area contributed by atoms with Gasteiger partial charge >= 0.3 is 0 Å². The molecule has 0 unspecified atom stereocenters. The van der Waals surface area contributed by atoms with Gasteiger partial charge in [-0.25, -0.2) is 0 Å². The van der Waals surface area contributed by atoms with Crippen molar-refractivity contribution in [1.29, 1.82) is 0 Å². The van der Waals surface area contributed by atoms with Gasteiger partial charge in [0.1, 0.15) is 5.84 Å². The average molecular weight is 228 g/mol. The van der Waals surface area contributed by atoms with Gasteiger partial charge < -0.3 is 21.2 Å². The minimum atomic E-state index is 0.317. The van der Waals surface area contributed by atoms with Gasteiger partial charge in [-0.1, -0.05) is 11.6 Å². The maximum absolute atomic E-state index is 8.34. The van der Waals surface area contributed by atoms with E-state index in [4.69, 9.17) is 10.9 Å². The number of likely N-dealkylation sites (tertiary alicyclic amines) is 1. The van der Waals surface area contributed by atoms with Gasteiger partial charge in [-0.3, -0.25) is 0 Å². The van der Waals surface area contributed by atoms with Crippen LogP contribution in [0.3, 0.4) is 0 Å². The summed E-state index contributed by atoms with van der Waals surface area (Å²) in [5.74, 6) is 0.317. The van der Waals surface area contributed by atoms with E-state index in [0.717, 1.165) is 26.1 Å². The zero-order valence-corrected chi connectivity index (χ0v) is 9.99. The molecule has 5 heteroatoms. The lowest BCUT2D eigenvalue weighted by atomic mass is 10.1. The molecular weight excluding hydrogens is 204 g/mol. The van der Waals surface area contributed by atoms with E-state index in [1.807, 2.05) is 0 Å². The molecule has 0 amide bonds. The number of nitrogens with one attached hydrogen (secondary N) is 1. The van der Waals surface area contributed by atoms with E-state index in [1.165, 1.54) is 32.4 Å². The molecule has 1 aliphatic heterocycles. The van der Waals surface area contributed by atoms with Crippen LogP contribution in [0, 0.1) is 0 Å². The molecule has 1 heterocycles. The zero-order valence-electron chi connectivity index (χ0n) is 9.99. The first-order valence-corrected chi connectivity index (χ1v) is 6.22. The highest BCUT2D eigenvalue weighted by molar-refractivity contribution is 5.79. The summed E-state index contributed by atoms with van der Waals surface area (Å²) < 4.78 is 0. The van der Waals surface area contributed by atoms with Gasteiger partial charge in [-0.2, -0.15) is 0 Å². The lowest BCUT2D eigenvalue weighted by molar-refractivity contribution is 0.229. The average Bonchev–Trinajstić information content (AvgIpc) is 2.34. The number of nitrogens with two attached hydrogens (primary N) is 1. The van der Waals surface area contributed by atoms with E-state index in [2.05, 4.69) is 15.4 Å². The second kappa shape index (κ2) is 8.35. The standard InChI is InChI=1S/C11H24N4O/c12-11(14-16)5-4-6-13-7-10-15-8-2-1-3-9-15/h13,16H,1-10H2,(H2,12,14). The summed E-state index contributed by atoms with van der Waals surface area (Å²) in [6.45, 7) is 5.63. The van der Waals surface area contributed by atoms with Crippen LogP contribution < -0.4 is 11.1 Å². The van der Waals surface area contributed by atoms with Crippen molar-refractivity contribution < 1.29 is 5.21 Å². The molecule has 0 bridgehead atoms. The summed E-state index contributed by atoms with van der Waals surface area (Å²) in [5, 5.41) is 14.7. The van der Waals surface area contributed by atoms with Gasteiger partial charge in [0.2, 0.25) is 0 Å². The zero-order chi connectivity index (χ0) is 11.6. The fourth-order valence-corrected chi connectivity index (χ4v) is 1.99. The summed E-state index contributed by atoms with van der Waals surface area (Å²) in [6, 6.07) is 0. The van der Waals surface area contributed by atoms with Gasteiger partial charge in [0, 0.05) is 19.5 Å². The Labute approximate surface area is 97.7 Å². The summed E-state index contributed by atoms with van der Waals surface area (Å²) >= 11 is 0. The van der Waals surface area contributed by atoms with Gasteiger partial charge in [-0.15, -0.1) is 0 Å². The van der Waals surface area contributed by atoms with E-state index in [0.29, 0.717) is 12.3 Å². The molecule has 1 fully saturated rings. The molecule has 94 valence electrons. The molecule has 1 saturated heterocycles. The molecule has 1 aliphatic rings. The molecule has 0 atom stereocenters. The van der Waals surface area contributed by atoms with Gasteiger partial charge in [0.05, 0.1) is 0 Å². The molecule has 0 aromatic rings. The molecule has 4 N–H and O–H groups in total. The second-order valence-electron chi connectivity index (χ2n) is 4.35. The first-order valence-electron chi connectivity index (χ1n) is 6.22. The van der Waals surface area contributed by atoms with Crippen molar-refractivity contribution in [3.05, 3.63) is 0 Å². The summed E-state index contributed by atoms with van der Waals surface area (Å²) in [6.07, 6.45) is 5.68. The molecule has 16 heavy (non-hydrogen) atoms. The Kier molecular flexibility index (Phi) is 6.92. The minimum Gasteiger partial charge on any atom is -0.409 e. The van der Waals surface area contributed by atoms with Crippen molar-refractivity contribution in [2.24, 2.45) is 10.9 Å². The van der Waals surface area contributed by atoms with E-state index in [-0.39, 0.29) is 0 Å². The van der Waals surface area contributed by atoms with E-state index < -0.39 is 0 Å². The Morgan fingerprint density at radius 2 is 2.00 bits per heavy atom. The van der Waals surface area contributed by atoms with Crippen molar-refractivity contribution in [2.45, 2.75) is 32.1 Å². The van der Waals surface area contributed by atoms with Crippen LogP contribution in [0.25, 0.3) is 0 Å². The van der Waals surface area contributed by atoms with Crippen LogP contribution in [-0.4, -0.2) is 48.7 Å². The monoisotopic (exact) mass is 228 g/mol. The third kappa shape index (κ3) is 5.92. The lowest BCUT2D eigenvalue weighted by Gasteiger charge is -2.26. The van der Waals surface area contributed by atoms with Gasteiger partial charge in [0.25, 0.3) is 0 Å². The number of hydrogen-bond donors (Lipinski definition) is 3. The highest BCUT2D eigenvalue weighted by Crippen LogP contribution is 2.07. The van der Waals surface area contributed by atoms with Crippen LogP contribution >= 0.6 is 0 Å². The van der Waals surface area contributed by atoms with E-state index >= 15 is 0 Å². The first-order chi connectivity index (χ1) is 7.83. The van der Waals surface area contributed by atoms with Gasteiger partial charge in [-0.05, 0) is 38.9 Å². The molecule has 1 rings (SSSR count). The third-order valence-electron chi connectivity index (χ3n) is 2.97. The third-order valence-corrected chi connectivity index (χ3v) is 2.97. The topological polar surface area (TPSA) is 73.9 Å². The normalized spacial score (nSPS) is 18.9. The Balaban J connectivity index is 1.87. The molecule has 5 nitrogen and oxygen atoms in total. The van der Waals surface area contributed by atoms with E-state index in [1.54, 1.807) is 0 Å². The first kappa shape index (κ1) is 13.3. The fourth-order valence-electron chi connectivity index (χ4n) is 1.99. The minimum absolute atomic E-state index is 0.317. The predicted octanol–water partition coefficient (Wildman–Crippen LogP) is 0.589. The number of piperidine rings is 1. The van der Waals surface area contributed by atoms with Crippen LogP contribution in [0.4, 0.5) is 0 Å². The van der Waals surface area contributed by atoms with E-state index in [9.17, 15) is 0 Å². The number of oxime groups is 1. The van der Waals surface area contributed by atoms with Crippen LogP contribution in [0.15, 0.2) is 5.16 Å². The smallest absolute Gasteiger partial charge is 0.139 e. The lowest BCUT2D eigenvalue weighted by Crippen LogP contribution is -2.36. The van der Waals surface area contributed by atoms with Gasteiger partial charge in [0.15, 0.2) is 0 Å². The number of nitrogens with zero attached hydrogens (tertiary/aromatic N) is 2. The van der Waals surface area contributed by atoms with Crippen molar-refractivity contribution in [1.82, 2.24) is 10.2 Å². The molecule has 0 saturated carbocycles. The number of hydrogen-bond acceptors (Lipinski definition) is 4. The summed E-state index contributed by atoms with van der Waals surface area (Å²) in [5.41, 5.74) is 5.37.